The zero-order valence-electron chi connectivity index (χ0n) is 46.8. The molecule has 0 unspecified atom stereocenters. The van der Waals surface area contributed by atoms with Gasteiger partial charge >= 0.3 is 0 Å². The maximum Gasteiger partial charge on any atom is 0.166 e. The van der Waals surface area contributed by atoms with Gasteiger partial charge in [0, 0.05) is 19.6 Å². The van der Waals surface area contributed by atoms with Gasteiger partial charge in [-0.05, 0) is 125 Å². The minimum Gasteiger partial charge on any atom is -0.493 e. The second kappa shape index (κ2) is 22.1. The third-order valence-electron chi connectivity index (χ3n) is 13.8. The molecule has 0 bridgehead atoms. The van der Waals surface area contributed by atoms with Crippen LogP contribution in [0, 0.1) is 0 Å². The summed E-state index contributed by atoms with van der Waals surface area (Å²) < 4.78 is 27.3. The van der Waals surface area contributed by atoms with E-state index in [2.05, 4.69) is 247 Å². The topological polar surface area (TPSA) is 72.7 Å². The van der Waals surface area contributed by atoms with Crippen LogP contribution in [0.4, 0.5) is 39.8 Å². The molecule has 0 spiro atoms. The number of hydrogen-bond acceptors (Lipinski definition) is 8. The average Bonchev–Trinajstić information content (AvgIpc) is 3.35. The minimum absolute atomic E-state index is 0.165. The second-order valence-electron chi connectivity index (χ2n) is 23.4. The molecule has 7 aromatic carbocycles. The van der Waals surface area contributed by atoms with E-state index < -0.39 is 0 Å². The molecule has 7 rings (SSSR count). The maximum absolute atomic E-state index is 7.00. The highest BCUT2D eigenvalue weighted by molar-refractivity contribution is 9.10. The molecule has 0 fully saturated rings. The molecule has 7 aromatic rings. The van der Waals surface area contributed by atoms with Crippen LogP contribution in [0.5, 0.6) is 23.0 Å². The van der Waals surface area contributed by atoms with E-state index in [1.165, 1.54) is 0 Å². The van der Waals surface area contributed by atoms with Gasteiger partial charge in [-0.3, -0.25) is 0 Å². The van der Waals surface area contributed by atoms with Crippen LogP contribution in [-0.4, -0.2) is 28.4 Å². The van der Waals surface area contributed by atoms with E-state index >= 15 is 0 Å². The van der Waals surface area contributed by atoms with Gasteiger partial charge in [0.2, 0.25) is 0 Å². The smallest absolute Gasteiger partial charge is 0.166 e. The normalized spacial score (nSPS) is 12.1. The summed E-state index contributed by atoms with van der Waals surface area (Å²) in [6.45, 7) is 28.5. The first-order valence-corrected chi connectivity index (χ1v) is 26.4. The van der Waals surface area contributed by atoms with E-state index in [9.17, 15) is 0 Å². The Morgan fingerprint density at radius 1 is 0.351 bits per heavy atom. The van der Waals surface area contributed by atoms with Gasteiger partial charge in [0.05, 0.1) is 72.7 Å². The van der Waals surface area contributed by atoms with Crippen molar-refractivity contribution in [2.75, 3.05) is 48.9 Å². The molecule has 0 aliphatic heterocycles. The molecule has 0 heterocycles. The lowest BCUT2D eigenvalue weighted by Gasteiger charge is -2.37. The summed E-state index contributed by atoms with van der Waals surface area (Å²) in [4.78, 5) is 7.07. The predicted octanol–water partition coefficient (Wildman–Crippen LogP) is 17.3. The van der Waals surface area contributed by atoms with Crippen molar-refractivity contribution in [3.05, 3.63) is 183 Å². The Hall–Kier alpha value is -6.58. The van der Waals surface area contributed by atoms with Crippen molar-refractivity contribution in [1.29, 1.82) is 0 Å². The van der Waals surface area contributed by atoms with Crippen molar-refractivity contribution in [3.8, 4) is 23.0 Å². The summed E-state index contributed by atoms with van der Waals surface area (Å²) in [5, 5.41) is 0. The molecule has 0 radical (unpaired) electrons. The molecule has 0 aliphatic rings. The zero-order valence-corrected chi connectivity index (χ0v) is 48.4. The quantitative estimate of drug-likeness (QED) is 0.0960. The van der Waals surface area contributed by atoms with Crippen molar-refractivity contribution in [3.63, 3.8) is 0 Å². The molecule has 0 atom stereocenters. The van der Waals surface area contributed by atoms with Gasteiger partial charge in [0.25, 0.3) is 0 Å². The molecule has 0 amide bonds. The third kappa shape index (κ3) is 12.2. The Bertz CT molecular complexity index is 2850. The Morgan fingerprint density at radius 3 is 0.865 bits per heavy atom. The summed E-state index contributed by atoms with van der Waals surface area (Å²) in [6, 6.07) is 49.7. The van der Waals surface area contributed by atoms with Gasteiger partial charge in [-0.2, -0.15) is 0 Å². The van der Waals surface area contributed by atoms with E-state index in [0.29, 0.717) is 42.6 Å². The maximum atomic E-state index is 7.00. The van der Waals surface area contributed by atoms with Gasteiger partial charge in [-0.25, -0.2) is 0 Å². The van der Waals surface area contributed by atoms with E-state index in [1.54, 1.807) is 28.4 Å². The first-order chi connectivity index (χ1) is 34.9. The van der Waals surface area contributed by atoms with Crippen LogP contribution in [0.1, 0.15) is 122 Å². The van der Waals surface area contributed by atoms with E-state index in [1.807, 2.05) is 6.07 Å². The fourth-order valence-electron chi connectivity index (χ4n) is 9.39. The fraction of sp³-hybridized carbons (Fsp3) is 0.354. The number of methoxy groups -OCH3 is 4. The molecule has 0 saturated heterocycles. The molecule has 0 aromatic heterocycles. The number of rotatable bonds is 16. The van der Waals surface area contributed by atoms with E-state index in [4.69, 9.17) is 24.7 Å². The number of nitrogen functional groups attached to an aromatic ring is 1. The molecule has 0 aliphatic carbocycles. The fourth-order valence-corrected chi connectivity index (χ4v) is 10.00. The van der Waals surface area contributed by atoms with Gasteiger partial charge in [-0.1, -0.05) is 174 Å². The molecule has 0 saturated carbocycles. The number of halogens is 1. The lowest BCUT2D eigenvalue weighted by Crippen LogP contribution is -2.26. The first-order valence-electron chi connectivity index (χ1n) is 25.6. The molecule has 2 N–H and O–H groups in total. The average molecular weight is 1060 g/mol. The summed E-state index contributed by atoms with van der Waals surface area (Å²) in [7, 11) is 7.00. The lowest BCUT2D eigenvalue weighted by molar-refractivity contribution is 0.408. The van der Waals surface area contributed by atoms with Gasteiger partial charge in [-0.15, -0.1) is 0 Å². The zero-order chi connectivity index (χ0) is 53.9. The lowest BCUT2D eigenvalue weighted by atomic mass is 9.84. The SMILES string of the molecule is COc1c(N)cc(C(C)(C)C)cc1N(Cc1ccccc1)c1cc(C(C)(C)C)cc(N(Cc2ccccc2)c2cc(C(C)(C)C)cc(N(Cc3ccccc3)c3cc(C(C)(C)C)cc(Br)c3OC)c2OC)c1OC. The Labute approximate surface area is 451 Å². The number of nitrogens with two attached hydrogens (primary N) is 1. The van der Waals surface area contributed by atoms with Crippen LogP contribution in [0.25, 0.3) is 0 Å². The molecule has 390 valence electrons. The summed E-state index contributed by atoms with van der Waals surface area (Å²) >= 11 is 3.96. The van der Waals surface area contributed by atoms with Crippen LogP contribution >= 0.6 is 15.9 Å². The standard InChI is InChI=1S/C65H79BrN4O4/c1-62(2,3)46-32-50(66)58(71-13)52(34-46)68(40-43-26-20-17-21-27-43)54-36-48(64(7,8)9)38-56(60(54)73-15)70(42-45-30-24-19-25-31-45)57-39-49(65(10,11)12)37-55(61(57)74-16)69(41-44-28-22-18-23-29-44)53-35-47(63(4,5)6)33-51(67)59(53)72-14/h17-39H,40-42,67H2,1-16H3. The molecule has 74 heavy (non-hydrogen) atoms. The van der Waals surface area contributed by atoms with Crippen molar-refractivity contribution in [1.82, 2.24) is 0 Å². The van der Waals surface area contributed by atoms with Crippen molar-refractivity contribution in [2.45, 2.75) is 124 Å². The van der Waals surface area contributed by atoms with E-state index in [-0.39, 0.29) is 21.7 Å². The highest BCUT2D eigenvalue weighted by Gasteiger charge is 2.34. The van der Waals surface area contributed by atoms with Crippen LogP contribution in [0.3, 0.4) is 0 Å². The molecular weight excluding hydrogens is 981 g/mol. The Morgan fingerprint density at radius 2 is 0.595 bits per heavy atom. The van der Waals surface area contributed by atoms with Crippen LogP contribution < -0.4 is 39.4 Å². The van der Waals surface area contributed by atoms with E-state index in [0.717, 1.165) is 83.3 Å². The minimum atomic E-state index is -0.306. The highest BCUT2D eigenvalue weighted by Crippen LogP contribution is 2.55. The van der Waals surface area contributed by atoms with Gasteiger partial charge < -0.3 is 39.4 Å². The van der Waals surface area contributed by atoms with Crippen molar-refractivity contribution >= 4 is 55.7 Å². The van der Waals surface area contributed by atoms with Crippen LogP contribution in [-0.2, 0) is 41.3 Å². The van der Waals surface area contributed by atoms with Gasteiger partial charge in [0.1, 0.15) is 0 Å². The van der Waals surface area contributed by atoms with Crippen molar-refractivity contribution < 1.29 is 18.9 Å². The second-order valence-corrected chi connectivity index (χ2v) is 24.3. The number of benzene rings is 7. The molecule has 8 nitrogen and oxygen atoms in total. The molecule has 9 heteroatoms. The molecular formula is C65H79BrN4O4. The highest BCUT2D eigenvalue weighted by atomic mass is 79.9. The Balaban J connectivity index is 1.65. The Kier molecular flexibility index (Phi) is 16.5. The number of hydrogen-bond donors (Lipinski definition) is 1. The summed E-state index contributed by atoms with van der Waals surface area (Å²) in [6.07, 6.45) is 0. The van der Waals surface area contributed by atoms with Gasteiger partial charge in [0.15, 0.2) is 23.0 Å². The summed E-state index contributed by atoms with van der Waals surface area (Å²) in [5.74, 6) is 2.71. The predicted molar refractivity (Wildman–Crippen MR) is 316 cm³/mol. The van der Waals surface area contributed by atoms with Crippen LogP contribution in [0.15, 0.2) is 144 Å². The van der Waals surface area contributed by atoms with Crippen molar-refractivity contribution in [2.24, 2.45) is 0 Å². The first kappa shape index (κ1) is 55.2. The monoisotopic (exact) mass is 1060 g/mol. The number of anilines is 7. The largest absolute Gasteiger partial charge is 0.493 e. The van der Waals surface area contributed by atoms with Crippen LogP contribution in [0.2, 0.25) is 0 Å². The summed E-state index contributed by atoms with van der Waals surface area (Å²) in [5.41, 5.74) is 19.7. The number of nitrogens with zero attached hydrogens (tertiary/aromatic N) is 3. The number of ether oxygens (including phenoxy) is 4. The third-order valence-corrected chi connectivity index (χ3v) is 14.4.